The quantitative estimate of drug-likeness (QED) is 0.710. The molecule has 0 spiro atoms. The van der Waals surface area contributed by atoms with E-state index < -0.39 is 0 Å². The molecule has 0 aliphatic heterocycles. The number of aryl methyl sites for hydroxylation is 1. The fourth-order valence-corrected chi connectivity index (χ4v) is 2.32. The SMILES string of the molecule is Cc1cnc(Cl)c(NC(=O)c2ccc3ccccc3c2)c1. The lowest BCUT2D eigenvalue weighted by molar-refractivity contribution is 0.102. The molecule has 1 heterocycles. The largest absolute Gasteiger partial charge is 0.319 e. The lowest BCUT2D eigenvalue weighted by Gasteiger charge is -2.08. The molecule has 0 bridgehead atoms. The van der Waals surface area contributed by atoms with Gasteiger partial charge in [-0.15, -0.1) is 0 Å². The third kappa shape index (κ3) is 2.88. The fourth-order valence-electron chi connectivity index (χ4n) is 2.17. The summed E-state index contributed by atoms with van der Waals surface area (Å²) in [6.07, 6.45) is 1.66. The Hall–Kier alpha value is -2.39. The van der Waals surface area contributed by atoms with Crippen molar-refractivity contribution in [3.05, 3.63) is 71.0 Å². The highest BCUT2D eigenvalue weighted by molar-refractivity contribution is 6.32. The molecule has 0 saturated carbocycles. The van der Waals surface area contributed by atoms with Gasteiger partial charge in [-0.3, -0.25) is 4.79 Å². The molecular formula is C17H13ClN2O. The monoisotopic (exact) mass is 296 g/mol. The van der Waals surface area contributed by atoms with Crippen LogP contribution in [0.25, 0.3) is 10.8 Å². The molecule has 0 aliphatic carbocycles. The van der Waals surface area contributed by atoms with Gasteiger partial charge in [-0.25, -0.2) is 4.98 Å². The van der Waals surface area contributed by atoms with E-state index in [1.165, 1.54) is 0 Å². The number of benzene rings is 2. The van der Waals surface area contributed by atoms with Crippen LogP contribution < -0.4 is 5.32 Å². The number of hydrogen-bond acceptors (Lipinski definition) is 2. The average molecular weight is 297 g/mol. The topological polar surface area (TPSA) is 42.0 Å². The smallest absolute Gasteiger partial charge is 0.255 e. The molecule has 3 aromatic rings. The molecular weight excluding hydrogens is 284 g/mol. The molecule has 0 radical (unpaired) electrons. The maximum atomic E-state index is 12.3. The van der Waals surface area contributed by atoms with Crippen LogP contribution in [0.4, 0.5) is 5.69 Å². The number of anilines is 1. The van der Waals surface area contributed by atoms with Crippen molar-refractivity contribution < 1.29 is 4.79 Å². The van der Waals surface area contributed by atoms with Gasteiger partial charge < -0.3 is 5.32 Å². The first-order chi connectivity index (χ1) is 10.1. The summed E-state index contributed by atoms with van der Waals surface area (Å²) < 4.78 is 0. The summed E-state index contributed by atoms with van der Waals surface area (Å²) in [7, 11) is 0. The van der Waals surface area contributed by atoms with Crippen LogP contribution in [-0.4, -0.2) is 10.9 Å². The summed E-state index contributed by atoms with van der Waals surface area (Å²) >= 11 is 6.00. The standard InChI is InChI=1S/C17H13ClN2O/c1-11-8-15(16(18)19-10-11)20-17(21)14-7-6-12-4-2-3-5-13(12)9-14/h2-10H,1H3,(H,20,21). The van der Waals surface area contributed by atoms with E-state index in [2.05, 4.69) is 10.3 Å². The zero-order valence-corrected chi connectivity index (χ0v) is 12.2. The highest BCUT2D eigenvalue weighted by atomic mass is 35.5. The van der Waals surface area contributed by atoms with Crippen molar-refractivity contribution in [1.82, 2.24) is 4.98 Å². The van der Waals surface area contributed by atoms with Crippen LogP contribution in [0.15, 0.2) is 54.7 Å². The zero-order valence-electron chi connectivity index (χ0n) is 11.4. The molecule has 1 N–H and O–H groups in total. The third-order valence-electron chi connectivity index (χ3n) is 3.24. The Morgan fingerprint density at radius 2 is 1.86 bits per heavy atom. The fraction of sp³-hybridized carbons (Fsp3) is 0.0588. The molecule has 3 nitrogen and oxygen atoms in total. The number of hydrogen-bond donors (Lipinski definition) is 1. The molecule has 0 aliphatic rings. The van der Waals surface area contributed by atoms with Gasteiger partial charge in [-0.2, -0.15) is 0 Å². The summed E-state index contributed by atoms with van der Waals surface area (Å²) in [5.74, 6) is -0.199. The van der Waals surface area contributed by atoms with Crippen LogP contribution in [0.2, 0.25) is 5.15 Å². The highest BCUT2D eigenvalue weighted by Gasteiger charge is 2.10. The Labute approximate surface area is 127 Å². The third-order valence-corrected chi connectivity index (χ3v) is 3.54. The van der Waals surface area contributed by atoms with Crippen LogP contribution >= 0.6 is 11.6 Å². The number of nitrogens with one attached hydrogen (secondary N) is 1. The number of carbonyl (C=O) groups excluding carboxylic acids is 1. The Morgan fingerprint density at radius 3 is 2.67 bits per heavy atom. The number of aromatic nitrogens is 1. The molecule has 104 valence electrons. The highest BCUT2D eigenvalue weighted by Crippen LogP contribution is 2.21. The number of fused-ring (bicyclic) bond motifs is 1. The van der Waals surface area contributed by atoms with Gasteiger partial charge in [0.05, 0.1) is 5.69 Å². The number of carbonyl (C=O) groups is 1. The van der Waals surface area contributed by atoms with Crippen LogP contribution in [0.3, 0.4) is 0 Å². The van der Waals surface area contributed by atoms with E-state index in [1.54, 1.807) is 18.3 Å². The number of nitrogens with zero attached hydrogens (tertiary/aromatic N) is 1. The predicted octanol–water partition coefficient (Wildman–Crippen LogP) is 4.45. The summed E-state index contributed by atoms with van der Waals surface area (Å²) in [5.41, 5.74) is 2.05. The number of halogens is 1. The van der Waals surface area contributed by atoms with E-state index in [1.807, 2.05) is 43.3 Å². The molecule has 3 rings (SSSR count). The van der Waals surface area contributed by atoms with Crippen molar-refractivity contribution in [3.63, 3.8) is 0 Å². The van der Waals surface area contributed by atoms with Gasteiger partial charge in [0, 0.05) is 11.8 Å². The normalized spacial score (nSPS) is 10.6. The maximum Gasteiger partial charge on any atom is 0.255 e. The van der Waals surface area contributed by atoms with Crippen molar-refractivity contribution in [3.8, 4) is 0 Å². The Morgan fingerprint density at radius 1 is 1.10 bits per heavy atom. The van der Waals surface area contributed by atoms with Gasteiger partial charge >= 0.3 is 0 Å². The second kappa shape index (κ2) is 5.54. The van der Waals surface area contributed by atoms with E-state index in [0.717, 1.165) is 16.3 Å². The zero-order chi connectivity index (χ0) is 14.8. The van der Waals surface area contributed by atoms with E-state index in [-0.39, 0.29) is 11.1 Å². The first kappa shape index (κ1) is 13.6. The second-order valence-corrected chi connectivity index (χ2v) is 5.23. The van der Waals surface area contributed by atoms with Gasteiger partial charge in [-0.05, 0) is 41.5 Å². The summed E-state index contributed by atoms with van der Waals surface area (Å²) in [6.45, 7) is 1.90. The number of rotatable bonds is 2. The van der Waals surface area contributed by atoms with Gasteiger partial charge in [-0.1, -0.05) is 41.9 Å². The van der Waals surface area contributed by atoms with Crippen LogP contribution in [0, 0.1) is 6.92 Å². The molecule has 4 heteroatoms. The van der Waals surface area contributed by atoms with Crippen LogP contribution in [0.5, 0.6) is 0 Å². The van der Waals surface area contributed by atoms with Crippen LogP contribution in [0.1, 0.15) is 15.9 Å². The van der Waals surface area contributed by atoms with Crippen LogP contribution in [-0.2, 0) is 0 Å². The predicted molar refractivity (Wildman–Crippen MR) is 85.9 cm³/mol. The van der Waals surface area contributed by atoms with E-state index in [0.29, 0.717) is 11.3 Å². The molecule has 0 fully saturated rings. The molecule has 0 atom stereocenters. The van der Waals surface area contributed by atoms with Crippen molar-refractivity contribution in [1.29, 1.82) is 0 Å². The summed E-state index contributed by atoms with van der Waals surface area (Å²) in [5, 5.41) is 5.21. The molecule has 2 aromatic carbocycles. The van der Waals surface area contributed by atoms with E-state index >= 15 is 0 Å². The number of pyridine rings is 1. The molecule has 1 amide bonds. The summed E-state index contributed by atoms with van der Waals surface area (Å²) in [6, 6.07) is 15.3. The van der Waals surface area contributed by atoms with Crippen molar-refractivity contribution in [2.45, 2.75) is 6.92 Å². The number of amides is 1. The lowest BCUT2D eigenvalue weighted by atomic mass is 10.1. The van der Waals surface area contributed by atoms with Gasteiger partial charge in [0.1, 0.15) is 0 Å². The minimum atomic E-state index is -0.199. The average Bonchev–Trinajstić information content (AvgIpc) is 2.50. The molecule has 1 aromatic heterocycles. The molecule has 0 saturated heterocycles. The Kier molecular flexibility index (Phi) is 3.59. The van der Waals surface area contributed by atoms with E-state index in [9.17, 15) is 4.79 Å². The molecule has 0 unspecified atom stereocenters. The van der Waals surface area contributed by atoms with Gasteiger partial charge in [0.2, 0.25) is 0 Å². The minimum Gasteiger partial charge on any atom is -0.319 e. The second-order valence-electron chi connectivity index (χ2n) is 4.87. The van der Waals surface area contributed by atoms with Crippen molar-refractivity contribution in [2.24, 2.45) is 0 Å². The van der Waals surface area contributed by atoms with Crippen molar-refractivity contribution in [2.75, 3.05) is 5.32 Å². The minimum absolute atomic E-state index is 0.199. The van der Waals surface area contributed by atoms with E-state index in [4.69, 9.17) is 11.6 Å². The summed E-state index contributed by atoms with van der Waals surface area (Å²) in [4.78, 5) is 16.3. The Balaban J connectivity index is 1.91. The maximum absolute atomic E-state index is 12.3. The first-order valence-corrected chi connectivity index (χ1v) is 6.93. The first-order valence-electron chi connectivity index (χ1n) is 6.56. The lowest BCUT2D eigenvalue weighted by Crippen LogP contribution is -2.12. The molecule has 21 heavy (non-hydrogen) atoms. The van der Waals surface area contributed by atoms with Crippen molar-refractivity contribution >= 4 is 34.0 Å². The Bertz CT molecular complexity index is 830. The van der Waals surface area contributed by atoms with Gasteiger partial charge in [0.15, 0.2) is 5.15 Å². The van der Waals surface area contributed by atoms with Gasteiger partial charge in [0.25, 0.3) is 5.91 Å².